The zero-order chi connectivity index (χ0) is 15.8. The molecule has 5 heteroatoms. The summed E-state index contributed by atoms with van der Waals surface area (Å²) < 4.78 is 11.8. The minimum atomic E-state index is 0.120. The van der Waals surface area contributed by atoms with Crippen molar-refractivity contribution in [1.82, 2.24) is 4.90 Å². The van der Waals surface area contributed by atoms with Gasteiger partial charge in [-0.05, 0) is 24.1 Å². The van der Waals surface area contributed by atoms with Crippen molar-refractivity contribution < 1.29 is 9.47 Å². The monoisotopic (exact) mass is 358 g/mol. The lowest BCUT2D eigenvalue weighted by Gasteiger charge is -2.33. The number of halogens is 1. The lowest BCUT2D eigenvalue weighted by atomic mass is 10.0. The molecule has 0 aliphatic carbocycles. The summed E-state index contributed by atoms with van der Waals surface area (Å²) in [6, 6.07) is 6.18. The van der Waals surface area contributed by atoms with Crippen LogP contribution in [-0.2, 0) is 4.74 Å². The Hall–Kier alpha value is -0.620. The Bertz CT molecular complexity index is 427. The highest BCUT2D eigenvalue weighted by Crippen LogP contribution is 2.31. The zero-order valence-corrected chi connectivity index (χ0v) is 15.0. The van der Waals surface area contributed by atoms with Crippen LogP contribution in [0.5, 0.6) is 5.75 Å². The molecule has 1 rings (SSSR count). The number of methoxy groups -OCH3 is 2. The van der Waals surface area contributed by atoms with E-state index >= 15 is 0 Å². The van der Waals surface area contributed by atoms with Crippen LogP contribution >= 0.6 is 15.9 Å². The third kappa shape index (κ3) is 5.58. The first kappa shape index (κ1) is 18.4. The molecule has 120 valence electrons. The van der Waals surface area contributed by atoms with Crippen molar-refractivity contribution in [3.8, 4) is 5.75 Å². The van der Waals surface area contributed by atoms with E-state index in [9.17, 15) is 0 Å². The van der Waals surface area contributed by atoms with Crippen molar-refractivity contribution in [3.05, 3.63) is 28.2 Å². The van der Waals surface area contributed by atoms with Gasteiger partial charge in [-0.2, -0.15) is 0 Å². The highest BCUT2D eigenvalue weighted by Gasteiger charge is 2.23. The lowest BCUT2D eigenvalue weighted by Crippen LogP contribution is -2.38. The second-order valence-electron chi connectivity index (χ2n) is 5.52. The van der Waals surface area contributed by atoms with E-state index in [1.54, 1.807) is 14.2 Å². The Morgan fingerprint density at radius 3 is 2.52 bits per heavy atom. The van der Waals surface area contributed by atoms with Gasteiger partial charge in [0.1, 0.15) is 5.75 Å². The molecule has 0 aliphatic heterocycles. The van der Waals surface area contributed by atoms with Gasteiger partial charge in [0.2, 0.25) is 0 Å². The summed E-state index contributed by atoms with van der Waals surface area (Å²) in [7, 11) is 3.42. The summed E-state index contributed by atoms with van der Waals surface area (Å²) in [5.41, 5.74) is 7.19. The van der Waals surface area contributed by atoms with Crippen molar-refractivity contribution in [3.63, 3.8) is 0 Å². The maximum Gasteiger partial charge on any atom is 0.123 e. The molecule has 1 atom stereocenters. The van der Waals surface area contributed by atoms with Crippen molar-refractivity contribution >= 4 is 15.9 Å². The van der Waals surface area contributed by atoms with Crippen molar-refractivity contribution in [1.29, 1.82) is 0 Å². The lowest BCUT2D eigenvalue weighted by molar-refractivity contribution is 0.111. The summed E-state index contributed by atoms with van der Waals surface area (Å²) in [6.07, 6.45) is 0. The Morgan fingerprint density at radius 2 is 2.00 bits per heavy atom. The molecular weight excluding hydrogens is 332 g/mol. The van der Waals surface area contributed by atoms with Crippen LogP contribution in [-0.4, -0.2) is 45.4 Å². The van der Waals surface area contributed by atoms with E-state index in [4.69, 9.17) is 15.2 Å². The third-order valence-corrected chi connectivity index (χ3v) is 3.89. The highest BCUT2D eigenvalue weighted by molar-refractivity contribution is 9.10. The predicted molar refractivity (Wildman–Crippen MR) is 90.8 cm³/mol. The largest absolute Gasteiger partial charge is 0.496 e. The van der Waals surface area contributed by atoms with Gasteiger partial charge >= 0.3 is 0 Å². The fraction of sp³-hybridized carbons (Fsp3) is 0.625. The number of nitrogens with two attached hydrogens (primary N) is 1. The number of hydrogen-bond donors (Lipinski definition) is 1. The van der Waals surface area contributed by atoms with E-state index in [0.717, 1.165) is 28.9 Å². The summed E-state index contributed by atoms with van der Waals surface area (Å²) in [6.45, 7) is 7.49. The predicted octanol–water partition coefficient (Wildman–Crippen LogP) is 3.06. The first-order valence-corrected chi connectivity index (χ1v) is 8.09. The van der Waals surface area contributed by atoms with Crippen molar-refractivity contribution in [2.45, 2.75) is 19.9 Å². The molecule has 1 aromatic carbocycles. The van der Waals surface area contributed by atoms with Crippen LogP contribution in [0.2, 0.25) is 0 Å². The topological polar surface area (TPSA) is 47.7 Å². The van der Waals surface area contributed by atoms with E-state index in [-0.39, 0.29) is 6.04 Å². The Morgan fingerprint density at radius 1 is 1.29 bits per heavy atom. The van der Waals surface area contributed by atoms with Crippen LogP contribution in [0.1, 0.15) is 25.5 Å². The standard InChI is InChI=1S/C16H27BrN2O2/c1-12(2)11-19(7-8-20-3)15(10-18)14-9-13(17)5-6-16(14)21-4/h5-6,9,12,15H,7-8,10-11,18H2,1-4H3. The van der Waals surface area contributed by atoms with Gasteiger partial charge in [-0.15, -0.1) is 0 Å². The molecule has 4 nitrogen and oxygen atoms in total. The Labute approximate surface area is 136 Å². The highest BCUT2D eigenvalue weighted by atomic mass is 79.9. The second kappa shape index (κ2) is 9.41. The molecule has 0 fully saturated rings. The van der Waals surface area contributed by atoms with E-state index < -0.39 is 0 Å². The van der Waals surface area contributed by atoms with Gasteiger partial charge in [-0.1, -0.05) is 29.8 Å². The molecule has 0 radical (unpaired) electrons. The smallest absolute Gasteiger partial charge is 0.123 e. The van der Waals surface area contributed by atoms with Crippen LogP contribution in [0, 0.1) is 5.92 Å². The Kier molecular flexibility index (Phi) is 8.26. The summed E-state index contributed by atoms with van der Waals surface area (Å²) in [4.78, 5) is 2.37. The van der Waals surface area contributed by atoms with E-state index in [1.165, 1.54) is 0 Å². The third-order valence-electron chi connectivity index (χ3n) is 3.40. The maximum atomic E-state index is 6.07. The molecule has 0 bridgehead atoms. The first-order valence-electron chi connectivity index (χ1n) is 7.30. The van der Waals surface area contributed by atoms with Crippen LogP contribution in [0.4, 0.5) is 0 Å². The Balaban J connectivity index is 3.08. The molecule has 0 saturated carbocycles. The van der Waals surface area contributed by atoms with Gasteiger partial charge in [0.15, 0.2) is 0 Å². The number of benzene rings is 1. The molecule has 0 saturated heterocycles. The van der Waals surface area contributed by atoms with E-state index in [0.29, 0.717) is 19.1 Å². The molecule has 2 N–H and O–H groups in total. The van der Waals surface area contributed by atoms with Gasteiger partial charge in [-0.3, -0.25) is 4.90 Å². The summed E-state index contributed by atoms with van der Waals surface area (Å²) in [5.74, 6) is 1.44. The van der Waals surface area contributed by atoms with Crippen LogP contribution in [0.15, 0.2) is 22.7 Å². The summed E-state index contributed by atoms with van der Waals surface area (Å²) in [5, 5.41) is 0. The second-order valence-corrected chi connectivity index (χ2v) is 6.44. The molecule has 1 unspecified atom stereocenters. The molecular formula is C16H27BrN2O2. The molecule has 0 heterocycles. The van der Waals surface area contributed by atoms with Gasteiger partial charge in [0.05, 0.1) is 19.8 Å². The minimum absolute atomic E-state index is 0.120. The first-order chi connectivity index (χ1) is 10.0. The number of rotatable bonds is 9. The molecule has 21 heavy (non-hydrogen) atoms. The molecule has 0 spiro atoms. The number of hydrogen-bond acceptors (Lipinski definition) is 4. The van der Waals surface area contributed by atoms with Gasteiger partial charge in [-0.25, -0.2) is 0 Å². The average Bonchev–Trinajstić information content (AvgIpc) is 2.45. The van der Waals surface area contributed by atoms with E-state index in [2.05, 4.69) is 40.7 Å². The van der Waals surface area contributed by atoms with Gasteiger partial charge in [0.25, 0.3) is 0 Å². The SMILES string of the molecule is COCCN(CC(C)C)C(CN)c1cc(Br)ccc1OC. The minimum Gasteiger partial charge on any atom is -0.496 e. The fourth-order valence-corrected chi connectivity index (χ4v) is 2.87. The quantitative estimate of drug-likeness (QED) is 0.736. The van der Waals surface area contributed by atoms with Crippen LogP contribution < -0.4 is 10.5 Å². The maximum absolute atomic E-state index is 6.07. The van der Waals surface area contributed by atoms with Gasteiger partial charge < -0.3 is 15.2 Å². The van der Waals surface area contributed by atoms with Crippen LogP contribution in [0.3, 0.4) is 0 Å². The molecule has 0 amide bonds. The normalized spacial score (nSPS) is 13.0. The molecule has 0 aromatic heterocycles. The number of ether oxygens (including phenoxy) is 2. The van der Waals surface area contributed by atoms with Crippen molar-refractivity contribution in [2.24, 2.45) is 11.7 Å². The molecule has 0 aliphatic rings. The molecule has 1 aromatic rings. The zero-order valence-electron chi connectivity index (χ0n) is 13.4. The average molecular weight is 359 g/mol. The van der Waals surface area contributed by atoms with Gasteiger partial charge in [0, 0.05) is 36.8 Å². The summed E-state index contributed by atoms with van der Waals surface area (Å²) >= 11 is 3.54. The van der Waals surface area contributed by atoms with Crippen molar-refractivity contribution in [2.75, 3.05) is 40.5 Å². The number of nitrogens with zero attached hydrogens (tertiary/aromatic N) is 1. The van der Waals surface area contributed by atoms with Crippen LogP contribution in [0.25, 0.3) is 0 Å². The van der Waals surface area contributed by atoms with E-state index in [1.807, 2.05) is 12.1 Å². The fourth-order valence-electron chi connectivity index (χ4n) is 2.49.